The molecule has 0 aliphatic heterocycles. The number of carbonyl (C=O) groups is 1. The summed E-state index contributed by atoms with van der Waals surface area (Å²) in [5, 5.41) is 2.96. The summed E-state index contributed by atoms with van der Waals surface area (Å²) >= 11 is 0. The monoisotopic (exact) mass is 366 g/mol. The minimum Gasteiger partial charge on any atom is -0.378 e. The number of nitrogens with zero attached hydrogens (tertiary/aromatic N) is 3. The molecule has 0 saturated carbocycles. The Bertz CT molecular complexity index is 1030. The molecule has 2 aromatic carbocycles. The van der Waals surface area contributed by atoms with Crippen LogP contribution in [0.25, 0.3) is 11.0 Å². The van der Waals surface area contributed by atoms with Crippen LogP contribution in [-0.4, -0.2) is 29.1 Å². The lowest BCUT2D eigenvalue weighted by Gasteiger charge is -2.15. The van der Waals surface area contributed by atoms with Crippen molar-refractivity contribution >= 4 is 28.3 Å². The van der Waals surface area contributed by atoms with Crippen molar-refractivity contribution in [3.05, 3.63) is 58.5 Å². The van der Waals surface area contributed by atoms with Gasteiger partial charge in [0.2, 0.25) is 5.91 Å². The molecule has 0 unspecified atom stereocenters. The second-order valence-corrected chi connectivity index (χ2v) is 6.86. The van der Waals surface area contributed by atoms with Gasteiger partial charge < -0.3 is 10.2 Å². The molecule has 3 aromatic rings. The number of carbonyl (C=O) groups excluding carboxylic acids is 1. The number of hydrogen-bond donors (Lipinski definition) is 1. The fraction of sp³-hybridized carbons (Fsp3) is 0.333. The summed E-state index contributed by atoms with van der Waals surface area (Å²) in [6.45, 7) is 4.88. The molecule has 0 spiro atoms. The molecule has 0 aliphatic carbocycles. The number of hydrogen-bond acceptors (Lipinski definition) is 3. The van der Waals surface area contributed by atoms with Crippen LogP contribution in [-0.2, 0) is 17.9 Å². The number of benzene rings is 2. The molecule has 142 valence electrons. The summed E-state index contributed by atoms with van der Waals surface area (Å²) in [6.07, 6.45) is 0.243. The zero-order valence-electron chi connectivity index (χ0n) is 16.3. The Morgan fingerprint density at radius 1 is 1.07 bits per heavy atom. The third kappa shape index (κ3) is 3.74. The number of rotatable bonds is 6. The molecule has 0 radical (unpaired) electrons. The summed E-state index contributed by atoms with van der Waals surface area (Å²) < 4.78 is 3.41. The number of anilines is 2. The molecule has 1 heterocycles. The van der Waals surface area contributed by atoms with Gasteiger partial charge in [0.15, 0.2) is 0 Å². The van der Waals surface area contributed by atoms with Crippen molar-refractivity contribution in [1.82, 2.24) is 9.13 Å². The zero-order valence-corrected chi connectivity index (χ0v) is 16.3. The van der Waals surface area contributed by atoms with E-state index in [0.29, 0.717) is 13.1 Å². The van der Waals surface area contributed by atoms with Gasteiger partial charge in [0.05, 0.1) is 11.0 Å². The van der Waals surface area contributed by atoms with Crippen molar-refractivity contribution in [3.63, 3.8) is 0 Å². The maximum Gasteiger partial charge on any atom is 0.329 e. The van der Waals surface area contributed by atoms with E-state index in [2.05, 4.69) is 5.32 Å². The fourth-order valence-corrected chi connectivity index (χ4v) is 3.29. The average molecular weight is 366 g/mol. The first-order valence-corrected chi connectivity index (χ1v) is 9.18. The molecule has 0 bridgehead atoms. The van der Waals surface area contributed by atoms with Crippen molar-refractivity contribution in [1.29, 1.82) is 0 Å². The van der Waals surface area contributed by atoms with E-state index in [4.69, 9.17) is 0 Å². The van der Waals surface area contributed by atoms with Crippen molar-refractivity contribution in [2.75, 3.05) is 24.3 Å². The third-order valence-electron chi connectivity index (χ3n) is 4.80. The van der Waals surface area contributed by atoms with E-state index in [1.165, 1.54) is 0 Å². The lowest BCUT2D eigenvalue weighted by molar-refractivity contribution is -0.116. The van der Waals surface area contributed by atoms with Crippen LogP contribution in [0.2, 0.25) is 0 Å². The van der Waals surface area contributed by atoms with E-state index in [-0.39, 0.29) is 18.0 Å². The number of fused-ring (bicyclic) bond motifs is 1. The largest absolute Gasteiger partial charge is 0.378 e. The maximum absolute atomic E-state index is 12.6. The van der Waals surface area contributed by atoms with Crippen molar-refractivity contribution in [3.8, 4) is 0 Å². The Morgan fingerprint density at radius 3 is 2.33 bits per heavy atom. The maximum atomic E-state index is 12.6. The van der Waals surface area contributed by atoms with Crippen molar-refractivity contribution < 1.29 is 4.79 Å². The Balaban J connectivity index is 1.74. The number of aryl methyl sites for hydroxylation is 3. The van der Waals surface area contributed by atoms with Crippen LogP contribution >= 0.6 is 0 Å². The summed E-state index contributed by atoms with van der Waals surface area (Å²) in [7, 11) is 3.97. The normalized spacial score (nSPS) is 11.0. The molecule has 0 saturated heterocycles. The predicted octanol–water partition coefficient (Wildman–Crippen LogP) is 3.23. The smallest absolute Gasteiger partial charge is 0.329 e. The molecule has 1 amide bonds. The van der Waals surface area contributed by atoms with E-state index in [9.17, 15) is 9.59 Å². The Hall–Kier alpha value is -3.02. The predicted molar refractivity (Wildman–Crippen MR) is 111 cm³/mol. The number of imidazole rings is 1. The summed E-state index contributed by atoms with van der Waals surface area (Å²) in [4.78, 5) is 27.1. The van der Waals surface area contributed by atoms with E-state index in [1.807, 2.05) is 75.3 Å². The third-order valence-corrected chi connectivity index (χ3v) is 4.80. The first-order valence-electron chi connectivity index (χ1n) is 9.18. The van der Waals surface area contributed by atoms with E-state index in [0.717, 1.165) is 28.0 Å². The lowest BCUT2D eigenvalue weighted by Crippen LogP contribution is -2.25. The fourth-order valence-electron chi connectivity index (χ4n) is 3.29. The van der Waals surface area contributed by atoms with Crippen LogP contribution < -0.4 is 15.9 Å². The van der Waals surface area contributed by atoms with Crippen LogP contribution in [0.1, 0.15) is 18.9 Å². The van der Waals surface area contributed by atoms with Gasteiger partial charge >= 0.3 is 5.69 Å². The zero-order chi connectivity index (χ0) is 19.6. The van der Waals surface area contributed by atoms with Crippen LogP contribution in [0.5, 0.6) is 0 Å². The molecule has 0 atom stereocenters. The topological polar surface area (TPSA) is 59.3 Å². The van der Waals surface area contributed by atoms with Crippen LogP contribution in [0.3, 0.4) is 0 Å². The molecule has 27 heavy (non-hydrogen) atoms. The van der Waals surface area contributed by atoms with Crippen LogP contribution in [0.4, 0.5) is 11.4 Å². The molecule has 6 heteroatoms. The van der Waals surface area contributed by atoms with E-state index in [1.54, 1.807) is 9.13 Å². The van der Waals surface area contributed by atoms with Crippen LogP contribution in [0.15, 0.2) is 47.3 Å². The van der Waals surface area contributed by atoms with Gasteiger partial charge in [-0.3, -0.25) is 13.9 Å². The molecule has 6 nitrogen and oxygen atoms in total. The van der Waals surface area contributed by atoms with Gasteiger partial charge in [0, 0.05) is 45.0 Å². The summed E-state index contributed by atoms with van der Waals surface area (Å²) in [5.41, 5.74) is 4.59. The van der Waals surface area contributed by atoms with Gasteiger partial charge in [-0.25, -0.2) is 4.79 Å². The first-order chi connectivity index (χ1) is 12.9. The second-order valence-electron chi connectivity index (χ2n) is 6.86. The molecule has 3 rings (SSSR count). The number of nitrogens with one attached hydrogen (secondary N) is 1. The number of aromatic nitrogens is 2. The van der Waals surface area contributed by atoms with E-state index >= 15 is 0 Å². The van der Waals surface area contributed by atoms with Crippen LogP contribution in [0, 0.1) is 6.92 Å². The Kier molecular flexibility index (Phi) is 5.35. The average Bonchev–Trinajstić information content (AvgIpc) is 2.92. The number of para-hydroxylation sites is 2. The summed E-state index contributed by atoms with van der Waals surface area (Å²) in [5.74, 6) is -0.101. The molecule has 0 fully saturated rings. The summed E-state index contributed by atoms with van der Waals surface area (Å²) in [6, 6.07) is 13.6. The second kappa shape index (κ2) is 7.70. The highest BCUT2D eigenvalue weighted by molar-refractivity contribution is 5.91. The Labute approximate surface area is 159 Å². The van der Waals surface area contributed by atoms with Gasteiger partial charge in [-0.15, -0.1) is 0 Å². The minimum atomic E-state index is -0.101. The van der Waals surface area contributed by atoms with Gasteiger partial charge in [-0.05, 0) is 49.7 Å². The standard InChI is InChI=1S/C21H26N4O2/c1-5-24-18-8-6-7-9-19(18)25(21(24)27)13-12-20(26)22-17-11-10-16(23(3)4)14-15(17)2/h6-11,14H,5,12-13H2,1-4H3,(H,22,26). The molecular formula is C21H26N4O2. The minimum absolute atomic E-state index is 0.0713. The van der Waals surface area contributed by atoms with Crippen molar-refractivity contribution in [2.24, 2.45) is 0 Å². The van der Waals surface area contributed by atoms with Gasteiger partial charge in [0.25, 0.3) is 0 Å². The molecular weight excluding hydrogens is 340 g/mol. The lowest BCUT2D eigenvalue weighted by atomic mass is 10.1. The van der Waals surface area contributed by atoms with Crippen molar-refractivity contribution in [2.45, 2.75) is 33.4 Å². The van der Waals surface area contributed by atoms with Gasteiger partial charge in [-0.2, -0.15) is 0 Å². The van der Waals surface area contributed by atoms with Gasteiger partial charge in [0.1, 0.15) is 0 Å². The highest BCUT2D eigenvalue weighted by atomic mass is 16.2. The number of amides is 1. The van der Waals surface area contributed by atoms with E-state index < -0.39 is 0 Å². The Morgan fingerprint density at radius 2 is 1.74 bits per heavy atom. The highest BCUT2D eigenvalue weighted by Crippen LogP contribution is 2.21. The first kappa shape index (κ1) is 18.8. The SMILES string of the molecule is CCn1c(=O)n(CCC(=O)Nc2ccc(N(C)C)cc2C)c2ccccc21. The quantitative estimate of drug-likeness (QED) is 0.729. The molecule has 0 aliphatic rings. The highest BCUT2D eigenvalue weighted by Gasteiger charge is 2.13. The molecule has 1 N–H and O–H groups in total. The molecule has 1 aromatic heterocycles. The van der Waals surface area contributed by atoms with Gasteiger partial charge in [-0.1, -0.05) is 12.1 Å².